The van der Waals surface area contributed by atoms with Crippen LogP contribution in [-0.4, -0.2) is 12.3 Å². The molecular formula is C15H24N2O. The first kappa shape index (κ1) is 14.6. The molecule has 0 aromatic heterocycles. The molecule has 0 radical (unpaired) electrons. The fourth-order valence-corrected chi connectivity index (χ4v) is 1.94. The summed E-state index contributed by atoms with van der Waals surface area (Å²) in [7, 11) is 0. The molecule has 0 atom stereocenters. The van der Waals surface area contributed by atoms with Gasteiger partial charge in [0.2, 0.25) is 0 Å². The van der Waals surface area contributed by atoms with Gasteiger partial charge in [-0.15, -0.1) is 0 Å². The molecule has 0 saturated heterocycles. The van der Waals surface area contributed by atoms with E-state index in [4.69, 9.17) is 5.73 Å². The van der Waals surface area contributed by atoms with Gasteiger partial charge in [-0.2, -0.15) is 0 Å². The predicted molar refractivity (Wildman–Crippen MR) is 78.2 cm³/mol. The van der Waals surface area contributed by atoms with E-state index in [2.05, 4.69) is 12.2 Å². The lowest BCUT2D eigenvalue weighted by molar-refractivity contribution is 0.0981. The summed E-state index contributed by atoms with van der Waals surface area (Å²) >= 11 is 0. The van der Waals surface area contributed by atoms with Gasteiger partial charge in [0.15, 0.2) is 5.78 Å². The first-order chi connectivity index (χ1) is 8.60. The molecule has 0 aliphatic carbocycles. The number of hydrogen-bond donors (Lipinski definition) is 2. The molecule has 1 aromatic carbocycles. The first-order valence-corrected chi connectivity index (χ1v) is 6.77. The van der Waals surface area contributed by atoms with Crippen molar-refractivity contribution in [1.29, 1.82) is 0 Å². The van der Waals surface area contributed by atoms with Crippen LogP contribution in [0.5, 0.6) is 0 Å². The van der Waals surface area contributed by atoms with E-state index in [-0.39, 0.29) is 5.78 Å². The van der Waals surface area contributed by atoms with Crippen LogP contribution in [0, 0.1) is 6.92 Å². The summed E-state index contributed by atoms with van der Waals surface area (Å²) in [5.74, 6) is 0.182. The molecule has 0 spiro atoms. The number of aryl methyl sites for hydroxylation is 1. The Bertz CT molecular complexity index is 413. The van der Waals surface area contributed by atoms with Crippen LogP contribution < -0.4 is 11.1 Å². The van der Waals surface area contributed by atoms with E-state index in [9.17, 15) is 4.79 Å². The second-order valence-electron chi connectivity index (χ2n) is 4.71. The zero-order chi connectivity index (χ0) is 13.5. The average Bonchev–Trinajstić information content (AvgIpc) is 2.33. The van der Waals surface area contributed by atoms with Gasteiger partial charge >= 0.3 is 0 Å². The number of rotatable bonds is 7. The molecular weight excluding hydrogens is 224 g/mol. The smallest absolute Gasteiger partial charge is 0.163 e. The molecule has 0 saturated carbocycles. The second kappa shape index (κ2) is 7.04. The maximum Gasteiger partial charge on any atom is 0.163 e. The number of carbonyl (C=O) groups is 1. The van der Waals surface area contributed by atoms with Gasteiger partial charge in [-0.25, -0.2) is 0 Å². The molecule has 0 aliphatic rings. The van der Waals surface area contributed by atoms with Gasteiger partial charge in [0.25, 0.3) is 0 Å². The number of unbranched alkanes of at least 4 members (excludes halogenated alkanes) is 1. The molecule has 18 heavy (non-hydrogen) atoms. The molecule has 0 fully saturated rings. The van der Waals surface area contributed by atoms with Crippen molar-refractivity contribution in [3.8, 4) is 0 Å². The summed E-state index contributed by atoms with van der Waals surface area (Å²) in [5.41, 5.74) is 9.35. The molecule has 0 amide bonds. The fraction of sp³-hybridized carbons (Fsp3) is 0.533. The van der Waals surface area contributed by atoms with Crippen molar-refractivity contribution in [2.24, 2.45) is 0 Å². The quantitative estimate of drug-likeness (QED) is 0.439. The third kappa shape index (κ3) is 3.76. The standard InChI is InChI=1S/C15H24N2O/c1-4-6-8-17-14-9-11(3)12(10-13(14)16)15(18)7-5-2/h9-10,17H,4-8,16H2,1-3H3. The highest BCUT2D eigenvalue weighted by Gasteiger charge is 2.11. The minimum atomic E-state index is 0.182. The Balaban J connectivity index is 2.86. The van der Waals surface area contributed by atoms with Gasteiger partial charge < -0.3 is 11.1 Å². The number of benzene rings is 1. The molecule has 0 unspecified atom stereocenters. The number of nitrogens with two attached hydrogens (primary N) is 1. The van der Waals surface area contributed by atoms with E-state index in [0.29, 0.717) is 12.1 Å². The third-order valence-electron chi connectivity index (χ3n) is 3.02. The monoisotopic (exact) mass is 248 g/mol. The van der Waals surface area contributed by atoms with Crippen LogP contribution in [0.25, 0.3) is 0 Å². The number of ketones is 1. The van der Waals surface area contributed by atoms with Crippen LogP contribution in [0.3, 0.4) is 0 Å². The lowest BCUT2D eigenvalue weighted by Crippen LogP contribution is -2.08. The van der Waals surface area contributed by atoms with E-state index in [1.54, 1.807) is 0 Å². The van der Waals surface area contributed by atoms with Crippen molar-refractivity contribution in [2.45, 2.75) is 46.5 Å². The van der Waals surface area contributed by atoms with Crippen LogP contribution in [0.15, 0.2) is 12.1 Å². The molecule has 3 nitrogen and oxygen atoms in total. The third-order valence-corrected chi connectivity index (χ3v) is 3.02. The minimum Gasteiger partial charge on any atom is -0.397 e. The van der Waals surface area contributed by atoms with Crippen molar-refractivity contribution >= 4 is 17.2 Å². The van der Waals surface area contributed by atoms with Crippen LogP contribution in [-0.2, 0) is 0 Å². The van der Waals surface area contributed by atoms with Crippen LogP contribution in [0.2, 0.25) is 0 Å². The molecule has 100 valence electrons. The molecule has 3 N–H and O–H groups in total. The van der Waals surface area contributed by atoms with Gasteiger partial charge in [0, 0.05) is 18.5 Å². The van der Waals surface area contributed by atoms with Crippen LogP contribution >= 0.6 is 0 Å². The van der Waals surface area contributed by atoms with E-state index in [0.717, 1.165) is 42.6 Å². The highest BCUT2D eigenvalue weighted by Crippen LogP contribution is 2.24. The van der Waals surface area contributed by atoms with Crippen molar-refractivity contribution in [1.82, 2.24) is 0 Å². The number of Topliss-reactive ketones (excluding diaryl/α,β-unsaturated/α-hetero) is 1. The second-order valence-corrected chi connectivity index (χ2v) is 4.71. The largest absolute Gasteiger partial charge is 0.397 e. The Labute approximate surface area is 110 Å². The molecule has 0 bridgehead atoms. The number of nitrogen functional groups attached to an aromatic ring is 1. The highest BCUT2D eigenvalue weighted by molar-refractivity contribution is 5.99. The number of nitrogens with one attached hydrogen (secondary N) is 1. The maximum atomic E-state index is 11.9. The van der Waals surface area contributed by atoms with E-state index in [1.807, 2.05) is 26.0 Å². The maximum absolute atomic E-state index is 11.9. The van der Waals surface area contributed by atoms with E-state index < -0.39 is 0 Å². The van der Waals surface area contributed by atoms with Gasteiger partial charge in [-0.3, -0.25) is 4.79 Å². The predicted octanol–water partition coefficient (Wildman–Crippen LogP) is 3.77. The van der Waals surface area contributed by atoms with Gasteiger partial charge in [0.05, 0.1) is 11.4 Å². The Morgan fingerprint density at radius 3 is 2.61 bits per heavy atom. The lowest BCUT2D eigenvalue weighted by atomic mass is 10.00. The summed E-state index contributed by atoms with van der Waals surface area (Å²) in [6.07, 6.45) is 3.73. The van der Waals surface area contributed by atoms with Crippen LogP contribution in [0.4, 0.5) is 11.4 Å². The molecule has 1 aromatic rings. The lowest BCUT2D eigenvalue weighted by Gasteiger charge is -2.13. The van der Waals surface area contributed by atoms with Crippen molar-refractivity contribution < 1.29 is 4.79 Å². The highest BCUT2D eigenvalue weighted by atomic mass is 16.1. The normalized spacial score (nSPS) is 10.4. The van der Waals surface area contributed by atoms with Crippen molar-refractivity contribution in [2.75, 3.05) is 17.6 Å². The summed E-state index contributed by atoms with van der Waals surface area (Å²) in [6, 6.07) is 3.79. The zero-order valence-electron chi connectivity index (χ0n) is 11.7. The summed E-state index contributed by atoms with van der Waals surface area (Å²) in [4.78, 5) is 11.9. The SMILES string of the molecule is CCCCNc1cc(C)c(C(=O)CCC)cc1N. The molecule has 3 heteroatoms. The molecule has 0 heterocycles. The molecule has 0 aliphatic heterocycles. The number of hydrogen-bond acceptors (Lipinski definition) is 3. The Morgan fingerprint density at radius 2 is 2.00 bits per heavy atom. The number of anilines is 2. The summed E-state index contributed by atoms with van der Waals surface area (Å²) in [6.45, 7) is 7.05. The first-order valence-electron chi connectivity index (χ1n) is 6.77. The van der Waals surface area contributed by atoms with Gasteiger partial charge in [-0.05, 0) is 37.5 Å². The Hall–Kier alpha value is -1.51. The average molecular weight is 248 g/mol. The topological polar surface area (TPSA) is 55.1 Å². The van der Waals surface area contributed by atoms with E-state index >= 15 is 0 Å². The van der Waals surface area contributed by atoms with Crippen molar-refractivity contribution in [3.63, 3.8) is 0 Å². The summed E-state index contributed by atoms with van der Waals surface area (Å²) in [5, 5.41) is 3.32. The van der Waals surface area contributed by atoms with Gasteiger partial charge in [-0.1, -0.05) is 20.3 Å². The van der Waals surface area contributed by atoms with Crippen molar-refractivity contribution in [3.05, 3.63) is 23.3 Å². The fourth-order valence-electron chi connectivity index (χ4n) is 1.94. The Morgan fingerprint density at radius 1 is 1.28 bits per heavy atom. The van der Waals surface area contributed by atoms with Crippen LogP contribution in [0.1, 0.15) is 55.5 Å². The number of carbonyl (C=O) groups excluding carboxylic acids is 1. The minimum absolute atomic E-state index is 0.182. The zero-order valence-corrected chi connectivity index (χ0v) is 11.7. The van der Waals surface area contributed by atoms with Gasteiger partial charge in [0.1, 0.15) is 0 Å². The summed E-state index contributed by atoms with van der Waals surface area (Å²) < 4.78 is 0. The molecule has 1 rings (SSSR count). The van der Waals surface area contributed by atoms with E-state index in [1.165, 1.54) is 0 Å². The Kier molecular flexibility index (Phi) is 5.69.